The molecule has 6 nitrogen and oxygen atoms in total. The monoisotopic (exact) mass is 385 g/mol. The summed E-state index contributed by atoms with van der Waals surface area (Å²) in [6, 6.07) is 8.24. The third kappa shape index (κ3) is 5.16. The molecule has 1 aromatic heterocycles. The van der Waals surface area contributed by atoms with Gasteiger partial charge in [-0.25, -0.2) is 0 Å². The number of carbonyl (C=O) groups excluding carboxylic acids is 1. The minimum atomic E-state index is -3.05. The molecule has 1 aromatic carbocycles. The van der Waals surface area contributed by atoms with Gasteiger partial charge in [0.2, 0.25) is 0 Å². The second-order valence-electron chi connectivity index (χ2n) is 5.25. The van der Waals surface area contributed by atoms with Crippen LogP contribution in [0.25, 0.3) is 0 Å². The molecule has 0 spiro atoms. The molecule has 9 heteroatoms. The molecule has 0 bridgehead atoms. The lowest BCUT2D eigenvalue weighted by molar-refractivity contribution is -0.141. The molecule has 1 amide bonds. The maximum Gasteiger partial charge on any atom is 0.387 e. The Balaban J connectivity index is 2.04. The summed E-state index contributed by atoms with van der Waals surface area (Å²) in [4.78, 5) is 23.6. The van der Waals surface area contributed by atoms with E-state index in [0.29, 0.717) is 11.3 Å². The van der Waals surface area contributed by atoms with Crippen LogP contribution in [0, 0.1) is 5.92 Å². The summed E-state index contributed by atoms with van der Waals surface area (Å²) in [5, 5.41) is 13.3. The van der Waals surface area contributed by atoms with Gasteiger partial charge in [0.05, 0.1) is 13.0 Å². The van der Waals surface area contributed by atoms with Gasteiger partial charge in [0.25, 0.3) is 5.91 Å². The average Bonchev–Trinajstić information content (AvgIpc) is 3.05. The number of benzene rings is 1. The molecule has 140 valence electrons. The number of para-hydroxylation sites is 1. The molecule has 0 aliphatic carbocycles. The fourth-order valence-electron chi connectivity index (χ4n) is 2.33. The van der Waals surface area contributed by atoms with Crippen LogP contribution in [0.1, 0.15) is 15.2 Å². The van der Waals surface area contributed by atoms with E-state index in [4.69, 9.17) is 4.74 Å². The van der Waals surface area contributed by atoms with E-state index in [0.717, 1.165) is 11.3 Å². The predicted octanol–water partition coefficient (Wildman–Crippen LogP) is 3.03. The predicted molar refractivity (Wildman–Crippen MR) is 91.1 cm³/mol. The number of aliphatic carboxylic acids is 1. The maximum absolute atomic E-state index is 12.3. The topological polar surface area (TPSA) is 84.9 Å². The molecular formula is C17H17F2NO5S. The van der Waals surface area contributed by atoms with Gasteiger partial charge < -0.3 is 19.9 Å². The smallest absolute Gasteiger partial charge is 0.387 e. The molecule has 2 aromatic rings. The molecule has 2 N–H and O–H groups in total. The van der Waals surface area contributed by atoms with Crippen molar-refractivity contribution < 1.29 is 33.0 Å². The number of nitrogens with one attached hydrogen (secondary N) is 1. The SMILES string of the molecule is COc1ccccc1CC(CNC(=O)c1sccc1OC(F)F)C(=O)O. The van der Waals surface area contributed by atoms with E-state index in [-0.39, 0.29) is 23.6 Å². The van der Waals surface area contributed by atoms with E-state index < -0.39 is 24.4 Å². The summed E-state index contributed by atoms with van der Waals surface area (Å²) in [5.74, 6) is -2.35. The van der Waals surface area contributed by atoms with Crippen molar-refractivity contribution in [2.24, 2.45) is 5.92 Å². The van der Waals surface area contributed by atoms with Gasteiger partial charge in [-0.3, -0.25) is 9.59 Å². The van der Waals surface area contributed by atoms with Crippen LogP contribution in [0.3, 0.4) is 0 Å². The molecule has 1 unspecified atom stereocenters. The van der Waals surface area contributed by atoms with Crippen LogP contribution in [-0.4, -0.2) is 37.2 Å². The highest BCUT2D eigenvalue weighted by Crippen LogP contribution is 2.26. The number of halogens is 2. The lowest BCUT2D eigenvalue weighted by Crippen LogP contribution is -2.34. The van der Waals surface area contributed by atoms with Crippen molar-refractivity contribution in [1.29, 1.82) is 0 Å². The number of methoxy groups -OCH3 is 1. The highest BCUT2D eigenvalue weighted by molar-refractivity contribution is 7.12. The van der Waals surface area contributed by atoms with E-state index in [9.17, 15) is 23.5 Å². The standard InChI is InChI=1S/C17H17F2NO5S/c1-24-12-5-3-2-4-10(12)8-11(16(22)23)9-20-15(21)14-13(6-7-26-14)25-17(18)19/h2-7,11,17H,8-9H2,1H3,(H,20,21)(H,22,23). The number of ether oxygens (including phenoxy) is 2. The molecule has 1 atom stereocenters. The molecule has 0 saturated carbocycles. The first kappa shape index (κ1) is 19.6. The molecule has 0 aliphatic rings. The Morgan fingerprint density at radius 2 is 1.96 bits per heavy atom. The number of amides is 1. The Bertz CT molecular complexity index is 765. The quantitative estimate of drug-likeness (QED) is 0.693. The van der Waals surface area contributed by atoms with E-state index in [2.05, 4.69) is 10.1 Å². The van der Waals surface area contributed by atoms with E-state index in [1.54, 1.807) is 24.3 Å². The van der Waals surface area contributed by atoms with Crippen LogP contribution < -0.4 is 14.8 Å². The van der Waals surface area contributed by atoms with E-state index in [1.807, 2.05) is 0 Å². The number of carboxylic acids is 1. The van der Waals surface area contributed by atoms with Gasteiger partial charge in [-0.15, -0.1) is 11.3 Å². The minimum Gasteiger partial charge on any atom is -0.496 e. The highest BCUT2D eigenvalue weighted by atomic mass is 32.1. The highest BCUT2D eigenvalue weighted by Gasteiger charge is 2.23. The van der Waals surface area contributed by atoms with Crippen molar-refractivity contribution in [2.75, 3.05) is 13.7 Å². The largest absolute Gasteiger partial charge is 0.496 e. The lowest BCUT2D eigenvalue weighted by Gasteiger charge is -2.15. The van der Waals surface area contributed by atoms with Crippen LogP contribution in [0.4, 0.5) is 8.78 Å². The summed E-state index contributed by atoms with van der Waals surface area (Å²) in [7, 11) is 1.48. The summed E-state index contributed by atoms with van der Waals surface area (Å²) >= 11 is 0.932. The third-order valence-electron chi connectivity index (χ3n) is 3.57. The minimum absolute atomic E-state index is 0.0354. The summed E-state index contributed by atoms with van der Waals surface area (Å²) in [6.45, 7) is -3.22. The Labute approximate surface area is 152 Å². The number of rotatable bonds is 9. The van der Waals surface area contributed by atoms with Gasteiger partial charge in [-0.2, -0.15) is 8.78 Å². The van der Waals surface area contributed by atoms with Gasteiger partial charge in [0.15, 0.2) is 0 Å². The van der Waals surface area contributed by atoms with Crippen molar-refractivity contribution in [3.05, 3.63) is 46.2 Å². The fraction of sp³-hybridized carbons (Fsp3) is 0.294. The van der Waals surface area contributed by atoms with Crippen LogP contribution in [-0.2, 0) is 11.2 Å². The molecule has 0 saturated heterocycles. The number of thiophene rings is 1. The van der Waals surface area contributed by atoms with E-state index in [1.165, 1.54) is 18.6 Å². The molecular weight excluding hydrogens is 368 g/mol. The number of carboxylic acid groups (broad SMARTS) is 1. The average molecular weight is 385 g/mol. The van der Waals surface area contributed by atoms with Gasteiger partial charge in [-0.1, -0.05) is 18.2 Å². The number of alkyl halides is 2. The molecule has 1 heterocycles. The third-order valence-corrected chi connectivity index (χ3v) is 4.46. The Hall–Kier alpha value is -2.68. The second kappa shape index (κ2) is 9.14. The van der Waals surface area contributed by atoms with Crippen molar-refractivity contribution in [1.82, 2.24) is 5.32 Å². The first-order chi connectivity index (χ1) is 12.4. The Kier molecular flexibility index (Phi) is 6.90. The van der Waals surface area contributed by atoms with Crippen molar-refractivity contribution in [3.63, 3.8) is 0 Å². The van der Waals surface area contributed by atoms with Crippen LogP contribution in [0.2, 0.25) is 0 Å². The van der Waals surface area contributed by atoms with Crippen LogP contribution in [0.15, 0.2) is 35.7 Å². The van der Waals surface area contributed by atoms with Crippen molar-refractivity contribution in [3.8, 4) is 11.5 Å². The zero-order valence-electron chi connectivity index (χ0n) is 13.8. The summed E-state index contributed by atoms with van der Waals surface area (Å²) in [6.07, 6.45) is 0.143. The number of hydrogen-bond donors (Lipinski definition) is 2. The summed E-state index contributed by atoms with van der Waals surface area (Å²) < 4.78 is 34.1. The fourth-order valence-corrected chi connectivity index (χ4v) is 3.07. The number of hydrogen-bond acceptors (Lipinski definition) is 5. The van der Waals surface area contributed by atoms with Crippen LogP contribution in [0.5, 0.6) is 11.5 Å². The van der Waals surface area contributed by atoms with Gasteiger partial charge in [0, 0.05) is 6.54 Å². The van der Waals surface area contributed by atoms with Crippen molar-refractivity contribution in [2.45, 2.75) is 13.0 Å². The Morgan fingerprint density at radius 1 is 1.23 bits per heavy atom. The first-order valence-corrected chi connectivity index (χ1v) is 8.45. The molecule has 0 fully saturated rings. The summed E-state index contributed by atoms with van der Waals surface area (Å²) in [5.41, 5.74) is 0.689. The lowest BCUT2D eigenvalue weighted by atomic mass is 9.98. The van der Waals surface area contributed by atoms with Gasteiger partial charge >= 0.3 is 12.6 Å². The zero-order valence-corrected chi connectivity index (χ0v) is 14.6. The molecule has 26 heavy (non-hydrogen) atoms. The normalized spacial score (nSPS) is 11.8. The second-order valence-corrected chi connectivity index (χ2v) is 6.17. The first-order valence-electron chi connectivity index (χ1n) is 7.57. The molecule has 0 radical (unpaired) electrons. The maximum atomic E-state index is 12.3. The number of carbonyl (C=O) groups is 2. The zero-order chi connectivity index (χ0) is 19.1. The van der Waals surface area contributed by atoms with Gasteiger partial charge in [-0.05, 0) is 29.5 Å². The Morgan fingerprint density at radius 3 is 2.62 bits per heavy atom. The van der Waals surface area contributed by atoms with Crippen molar-refractivity contribution >= 4 is 23.2 Å². The van der Waals surface area contributed by atoms with Gasteiger partial charge in [0.1, 0.15) is 16.4 Å². The van der Waals surface area contributed by atoms with E-state index >= 15 is 0 Å². The molecule has 2 rings (SSSR count). The van der Waals surface area contributed by atoms with Crippen LogP contribution >= 0.6 is 11.3 Å². The molecule has 0 aliphatic heterocycles.